The van der Waals surface area contributed by atoms with E-state index in [0.29, 0.717) is 5.41 Å². The highest BCUT2D eigenvalue weighted by atomic mass is 19.3. The molecule has 70 valence electrons. The van der Waals surface area contributed by atoms with Gasteiger partial charge in [-0.3, -0.25) is 0 Å². The summed E-state index contributed by atoms with van der Waals surface area (Å²) >= 11 is 0. The number of alkyl halides is 2. The van der Waals surface area contributed by atoms with Crippen LogP contribution in [0.15, 0.2) is 0 Å². The number of halogens is 2. The van der Waals surface area contributed by atoms with Gasteiger partial charge in [0.25, 0.3) is 0 Å². The summed E-state index contributed by atoms with van der Waals surface area (Å²) < 4.78 is 25.6. The Hall–Kier alpha value is -0.140. The lowest BCUT2D eigenvalue weighted by molar-refractivity contribution is -0.0988. The molecule has 0 amide bonds. The monoisotopic (exact) mass is 174 g/mol. The van der Waals surface area contributed by atoms with E-state index in [4.69, 9.17) is 0 Å². The predicted octanol–water partition coefficient (Wildman–Crippen LogP) is 3.61. The highest BCUT2D eigenvalue weighted by Gasteiger charge is 2.48. The first kappa shape index (κ1) is 8.46. The fourth-order valence-corrected chi connectivity index (χ4v) is 2.97. The second kappa shape index (κ2) is 2.43. The Labute approximate surface area is 72.3 Å². The molecule has 2 heteroatoms. The molecule has 0 nitrogen and oxygen atoms in total. The van der Waals surface area contributed by atoms with E-state index < -0.39 is 5.92 Å². The van der Waals surface area contributed by atoms with Crippen molar-refractivity contribution in [1.82, 2.24) is 0 Å². The lowest BCUT2D eigenvalue weighted by Gasteiger charge is -2.50. The highest BCUT2D eigenvalue weighted by molar-refractivity contribution is 4.96. The Kier molecular flexibility index (Phi) is 1.71. The van der Waals surface area contributed by atoms with Gasteiger partial charge in [0.05, 0.1) is 0 Å². The Bertz CT molecular complexity index is 168. The number of rotatable bonds is 0. The lowest BCUT2D eigenvalue weighted by Crippen LogP contribution is -2.41. The van der Waals surface area contributed by atoms with Gasteiger partial charge in [-0.15, -0.1) is 0 Å². The van der Waals surface area contributed by atoms with Crippen LogP contribution in [0.2, 0.25) is 0 Å². The molecule has 0 unspecified atom stereocenters. The van der Waals surface area contributed by atoms with Crippen LogP contribution in [0, 0.1) is 11.3 Å². The van der Waals surface area contributed by atoms with Gasteiger partial charge in [-0.2, -0.15) is 0 Å². The molecule has 0 aromatic rings. The number of hydrogen-bond donors (Lipinski definition) is 0. The van der Waals surface area contributed by atoms with E-state index in [1.54, 1.807) is 0 Å². The van der Waals surface area contributed by atoms with Crippen LogP contribution in [-0.2, 0) is 0 Å². The van der Waals surface area contributed by atoms with Crippen LogP contribution in [0.4, 0.5) is 8.78 Å². The molecule has 0 aliphatic heterocycles. The van der Waals surface area contributed by atoms with Gasteiger partial charge in [0.2, 0.25) is 5.92 Å². The Morgan fingerprint density at radius 2 is 1.50 bits per heavy atom. The van der Waals surface area contributed by atoms with Crippen molar-refractivity contribution in [2.75, 3.05) is 0 Å². The average Bonchev–Trinajstić information content (AvgIpc) is 1.92. The van der Waals surface area contributed by atoms with Gasteiger partial charge >= 0.3 is 0 Å². The van der Waals surface area contributed by atoms with Gasteiger partial charge in [-0.25, -0.2) is 8.78 Å². The molecule has 0 atom stereocenters. The normalized spacial score (nSPS) is 33.2. The zero-order valence-corrected chi connectivity index (χ0v) is 7.58. The molecule has 0 bridgehead atoms. The van der Waals surface area contributed by atoms with E-state index in [1.807, 2.05) is 0 Å². The second-order valence-corrected chi connectivity index (χ2v) is 4.87. The minimum Gasteiger partial charge on any atom is -0.207 e. The predicted molar refractivity (Wildman–Crippen MR) is 44.2 cm³/mol. The smallest absolute Gasteiger partial charge is 0.207 e. The fourth-order valence-electron chi connectivity index (χ4n) is 2.97. The van der Waals surface area contributed by atoms with E-state index in [-0.39, 0.29) is 12.8 Å². The molecule has 0 saturated heterocycles. The average molecular weight is 174 g/mol. The summed E-state index contributed by atoms with van der Waals surface area (Å²) in [6.45, 7) is 2.22. The van der Waals surface area contributed by atoms with Crippen LogP contribution in [0.25, 0.3) is 0 Å². The third-order valence-corrected chi connectivity index (χ3v) is 3.61. The van der Waals surface area contributed by atoms with Crippen molar-refractivity contribution >= 4 is 0 Å². The minimum atomic E-state index is -2.34. The second-order valence-electron chi connectivity index (χ2n) is 4.87. The zero-order valence-electron chi connectivity index (χ0n) is 7.58. The van der Waals surface area contributed by atoms with Crippen molar-refractivity contribution in [2.24, 2.45) is 11.3 Å². The SMILES string of the molecule is CC1CC2(CCC(F)(F)CC2)C1. The van der Waals surface area contributed by atoms with Gasteiger partial charge in [0.1, 0.15) is 0 Å². The summed E-state index contributed by atoms with van der Waals surface area (Å²) in [4.78, 5) is 0. The quantitative estimate of drug-likeness (QED) is 0.526. The summed E-state index contributed by atoms with van der Waals surface area (Å²) in [7, 11) is 0. The largest absolute Gasteiger partial charge is 0.248 e. The summed E-state index contributed by atoms with van der Waals surface area (Å²) in [6.07, 6.45) is 4.21. The standard InChI is InChI=1S/C10H16F2/c1-8-6-9(7-8)2-4-10(11,12)5-3-9/h8H,2-7H2,1H3. The molecule has 2 aliphatic carbocycles. The third kappa shape index (κ3) is 1.36. The van der Waals surface area contributed by atoms with Crippen molar-refractivity contribution in [3.05, 3.63) is 0 Å². The molecule has 12 heavy (non-hydrogen) atoms. The Morgan fingerprint density at radius 3 is 1.92 bits per heavy atom. The highest BCUT2D eigenvalue weighted by Crippen LogP contribution is 2.56. The molecular weight excluding hydrogens is 158 g/mol. The van der Waals surface area contributed by atoms with Crippen LogP contribution >= 0.6 is 0 Å². The first-order valence-corrected chi connectivity index (χ1v) is 4.89. The summed E-state index contributed by atoms with van der Waals surface area (Å²) in [5, 5.41) is 0. The van der Waals surface area contributed by atoms with Crippen LogP contribution < -0.4 is 0 Å². The molecule has 0 N–H and O–H groups in total. The summed E-state index contributed by atoms with van der Waals surface area (Å²) in [5.41, 5.74) is 0.348. The topological polar surface area (TPSA) is 0 Å². The first-order chi connectivity index (χ1) is 5.52. The van der Waals surface area contributed by atoms with Crippen LogP contribution in [-0.4, -0.2) is 5.92 Å². The molecule has 2 saturated carbocycles. The van der Waals surface area contributed by atoms with Crippen molar-refractivity contribution < 1.29 is 8.78 Å². The fraction of sp³-hybridized carbons (Fsp3) is 1.00. The van der Waals surface area contributed by atoms with Gasteiger partial charge in [0.15, 0.2) is 0 Å². The van der Waals surface area contributed by atoms with Gasteiger partial charge < -0.3 is 0 Å². The maximum Gasteiger partial charge on any atom is 0.248 e. The Morgan fingerprint density at radius 1 is 1.00 bits per heavy atom. The lowest BCUT2D eigenvalue weighted by atomic mass is 9.56. The van der Waals surface area contributed by atoms with E-state index in [9.17, 15) is 8.78 Å². The zero-order chi connectivity index (χ0) is 8.82. The van der Waals surface area contributed by atoms with Crippen LogP contribution in [0.1, 0.15) is 45.4 Å². The maximum atomic E-state index is 12.8. The maximum absolute atomic E-state index is 12.8. The van der Waals surface area contributed by atoms with Crippen LogP contribution in [0.5, 0.6) is 0 Å². The molecule has 0 aromatic carbocycles. The molecule has 0 heterocycles. The van der Waals surface area contributed by atoms with Gasteiger partial charge in [-0.1, -0.05) is 6.92 Å². The van der Waals surface area contributed by atoms with E-state index in [2.05, 4.69) is 6.92 Å². The molecule has 2 fully saturated rings. The van der Waals surface area contributed by atoms with Crippen molar-refractivity contribution in [1.29, 1.82) is 0 Å². The molecule has 0 radical (unpaired) electrons. The molecule has 0 aromatic heterocycles. The number of hydrogen-bond acceptors (Lipinski definition) is 0. The molecule has 2 rings (SSSR count). The van der Waals surface area contributed by atoms with E-state index in [1.165, 1.54) is 12.8 Å². The first-order valence-electron chi connectivity index (χ1n) is 4.89. The van der Waals surface area contributed by atoms with Crippen LogP contribution in [0.3, 0.4) is 0 Å². The van der Waals surface area contributed by atoms with E-state index in [0.717, 1.165) is 18.8 Å². The van der Waals surface area contributed by atoms with Gasteiger partial charge in [0, 0.05) is 12.8 Å². The van der Waals surface area contributed by atoms with E-state index >= 15 is 0 Å². The third-order valence-electron chi connectivity index (χ3n) is 3.61. The molecule has 2 aliphatic rings. The van der Waals surface area contributed by atoms with Crippen molar-refractivity contribution in [3.8, 4) is 0 Å². The van der Waals surface area contributed by atoms with Crippen molar-refractivity contribution in [2.45, 2.75) is 51.4 Å². The van der Waals surface area contributed by atoms with Crippen molar-refractivity contribution in [3.63, 3.8) is 0 Å². The summed E-state index contributed by atoms with van der Waals surface area (Å²) in [6, 6.07) is 0. The molecular formula is C10H16F2. The minimum absolute atomic E-state index is 0.139. The Balaban J connectivity index is 1.91. The summed E-state index contributed by atoms with van der Waals surface area (Å²) in [5.74, 6) is -1.55. The van der Waals surface area contributed by atoms with Gasteiger partial charge in [-0.05, 0) is 37.0 Å². The molecule has 1 spiro atoms.